The maximum absolute atomic E-state index is 5.52. The van der Waals surface area contributed by atoms with E-state index in [0.29, 0.717) is 0 Å². The summed E-state index contributed by atoms with van der Waals surface area (Å²) in [5, 5.41) is 4.55. The zero-order chi connectivity index (χ0) is 18.6. The van der Waals surface area contributed by atoms with Crippen molar-refractivity contribution in [1.29, 1.82) is 0 Å². The monoisotopic (exact) mass is 441 g/mol. The smallest absolute Gasteiger partial charge is 0.148 e. The van der Waals surface area contributed by atoms with Gasteiger partial charge in [0.05, 0.1) is 12.6 Å². The van der Waals surface area contributed by atoms with Crippen LogP contribution in [-0.2, 0) is 5.75 Å². The average Bonchev–Trinajstić information content (AvgIpc) is 2.72. The van der Waals surface area contributed by atoms with Crippen molar-refractivity contribution in [2.45, 2.75) is 17.1 Å². The zero-order valence-electron chi connectivity index (χ0n) is 15.0. The summed E-state index contributed by atoms with van der Waals surface area (Å²) in [7, 11) is 1.71. The van der Waals surface area contributed by atoms with Gasteiger partial charge in [-0.25, -0.2) is 4.98 Å². The van der Waals surface area contributed by atoms with E-state index in [1.54, 1.807) is 18.9 Å². The van der Waals surface area contributed by atoms with Gasteiger partial charge in [-0.15, -0.1) is 11.8 Å². The molecule has 0 spiro atoms. The molecule has 3 aromatic rings. The second kappa shape index (κ2) is 8.31. The molecule has 2 aromatic carbocycles. The molecular formula is C21H20BrN3OS. The highest BCUT2D eigenvalue weighted by molar-refractivity contribution is 9.10. The molecule has 1 aliphatic heterocycles. The lowest BCUT2D eigenvalue weighted by molar-refractivity contribution is 0.411. The van der Waals surface area contributed by atoms with E-state index in [1.807, 2.05) is 30.3 Å². The van der Waals surface area contributed by atoms with Crippen LogP contribution in [0.4, 0.5) is 0 Å². The first-order chi connectivity index (χ1) is 13.2. The Morgan fingerprint density at radius 2 is 2.07 bits per heavy atom. The number of hydrogen-bond acceptors (Lipinski definition) is 5. The first-order valence-electron chi connectivity index (χ1n) is 8.88. The largest absolute Gasteiger partial charge is 0.496 e. The number of para-hydroxylation sites is 1. The molecule has 2 heterocycles. The summed E-state index contributed by atoms with van der Waals surface area (Å²) in [6, 6.07) is 16.5. The van der Waals surface area contributed by atoms with Crippen LogP contribution in [0.1, 0.15) is 17.7 Å². The van der Waals surface area contributed by atoms with Gasteiger partial charge in [0, 0.05) is 39.2 Å². The van der Waals surface area contributed by atoms with Crippen molar-refractivity contribution in [3.63, 3.8) is 0 Å². The molecule has 0 fully saturated rings. The summed E-state index contributed by atoms with van der Waals surface area (Å²) in [5.41, 5.74) is 3.08. The number of methoxy groups -OCH3 is 1. The quantitative estimate of drug-likeness (QED) is 0.563. The van der Waals surface area contributed by atoms with Gasteiger partial charge in [0.2, 0.25) is 0 Å². The molecule has 27 heavy (non-hydrogen) atoms. The molecule has 0 bridgehead atoms. The minimum absolute atomic E-state index is 0.795. The van der Waals surface area contributed by atoms with E-state index in [2.05, 4.69) is 44.4 Å². The van der Waals surface area contributed by atoms with Gasteiger partial charge < -0.3 is 10.1 Å². The lowest BCUT2D eigenvalue weighted by Gasteiger charge is -2.17. The van der Waals surface area contributed by atoms with Gasteiger partial charge in [0.1, 0.15) is 17.3 Å². The zero-order valence-corrected chi connectivity index (χ0v) is 17.4. The third kappa shape index (κ3) is 4.12. The van der Waals surface area contributed by atoms with E-state index in [-0.39, 0.29) is 0 Å². The highest BCUT2D eigenvalue weighted by Gasteiger charge is 2.16. The molecule has 0 aliphatic carbocycles. The topological polar surface area (TPSA) is 46.5 Å². The summed E-state index contributed by atoms with van der Waals surface area (Å²) in [4.78, 5) is 10.7. The molecule has 0 amide bonds. The standard InChI is InChI=1S/C21H20BrN3OS/c1-26-18-8-7-16(22)11-15(18)13-27-19-12-14-5-2-3-6-17(14)25-20(19)21-23-9-4-10-24-21/h2-3,5-8,11-12H,4,9-10,13H2,1H3,(H,23,24). The maximum atomic E-state index is 5.52. The van der Waals surface area contributed by atoms with Crippen molar-refractivity contribution in [2.75, 3.05) is 20.2 Å². The van der Waals surface area contributed by atoms with Crippen molar-refractivity contribution >= 4 is 44.4 Å². The predicted molar refractivity (Wildman–Crippen MR) is 116 cm³/mol. The fourth-order valence-electron chi connectivity index (χ4n) is 3.08. The number of hydrogen-bond donors (Lipinski definition) is 1. The first-order valence-corrected chi connectivity index (χ1v) is 10.7. The van der Waals surface area contributed by atoms with E-state index in [0.717, 1.165) is 68.4 Å². The Kier molecular flexibility index (Phi) is 5.64. The normalized spacial score (nSPS) is 13.9. The Labute approximate surface area is 171 Å². The molecule has 4 nitrogen and oxygen atoms in total. The predicted octanol–water partition coefficient (Wildman–Crippen LogP) is 5.04. The van der Waals surface area contributed by atoms with Crippen LogP contribution < -0.4 is 10.1 Å². The van der Waals surface area contributed by atoms with Gasteiger partial charge >= 0.3 is 0 Å². The third-order valence-corrected chi connectivity index (χ3v) is 6.01. The van der Waals surface area contributed by atoms with Crippen LogP contribution in [0.15, 0.2) is 62.9 Å². The average molecular weight is 442 g/mol. The summed E-state index contributed by atoms with van der Waals surface area (Å²) in [5.74, 6) is 2.59. The number of ether oxygens (including phenoxy) is 1. The number of aromatic nitrogens is 1. The molecule has 4 rings (SSSR count). The molecule has 0 unspecified atom stereocenters. The van der Waals surface area contributed by atoms with Crippen LogP contribution in [0.3, 0.4) is 0 Å². The van der Waals surface area contributed by atoms with Gasteiger partial charge in [0.25, 0.3) is 0 Å². The van der Waals surface area contributed by atoms with Gasteiger partial charge in [-0.05, 0) is 36.8 Å². The van der Waals surface area contributed by atoms with Crippen molar-refractivity contribution < 1.29 is 4.74 Å². The molecule has 0 saturated heterocycles. The van der Waals surface area contributed by atoms with E-state index in [9.17, 15) is 0 Å². The summed E-state index contributed by atoms with van der Waals surface area (Å²) < 4.78 is 6.57. The van der Waals surface area contributed by atoms with Crippen LogP contribution in [0, 0.1) is 0 Å². The van der Waals surface area contributed by atoms with Crippen LogP contribution in [0.5, 0.6) is 5.75 Å². The van der Waals surface area contributed by atoms with E-state index >= 15 is 0 Å². The Bertz CT molecular complexity index is 1010. The molecule has 138 valence electrons. The van der Waals surface area contributed by atoms with Gasteiger partial charge in [-0.1, -0.05) is 34.1 Å². The summed E-state index contributed by atoms with van der Waals surface area (Å²) >= 11 is 5.32. The van der Waals surface area contributed by atoms with Crippen LogP contribution in [-0.4, -0.2) is 31.0 Å². The fraction of sp³-hybridized carbons (Fsp3) is 0.238. The summed E-state index contributed by atoms with van der Waals surface area (Å²) in [6.07, 6.45) is 1.06. The second-order valence-electron chi connectivity index (χ2n) is 6.28. The van der Waals surface area contributed by atoms with Crippen molar-refractivity contribution in [2.24, 2.45) is 4.99 Å². The first kappa shape index (κ1) is 18.3. The number of nitrogens with one attached hydrogen (secondary N) is 1. The lowest BCUT2D eigenvalue weighted by atomic mass is 10.2. The number of thioether (sulfide) groups is 1. The molecule has 6 heteroatoms. The summed E-state index contributed by atoms with van der Waals surface area (Å²) in [6.45, 7) is 1.79. The van der Waals surface area contributed by atoms with Crippen LogP contribution in [0.25, 0.3) is 10.9 Å². The van der Waals surface area contributed by atoms with Crippen LogP contribution >= 0.6 is 27.7 Å². The van der Waals surface area contributed by atoms with Gasteiger partial charge in [-0.2, -0.15) is 0 Å². The SMILES string of the molecule is COc1ccc(Br)cc1CSc1cc2ccccc2nc1C1=NCCCN1. The maximum Gasteiger partial charge on any atom is 0.148 e. The number of benzene rings is 2. The minimum atomic E-state index is 0.795. The van der Waals surface area contributed by atoms with E-state index in [4.69, 9.17) is 9.72 Å². The van der Waals surface area contributed by atoms with Crippen molar-refractivity contribution in [3.05, 3.63) is 64.3 Å². The Balaban J connectivity index is 1.71. The third-order valence-electron chi connectivity index (χ3n) is 4.44. The van der Waals surface area contributed by atoms with Crippen molar-refractivity contribution in [1.82, 2.24) is 10.3 Å². The molecule has 1 aromatic heterocycles. The molecule has 1 N–H and O–H groups in total. The van der Waals surface area contributed by atoms with Crippen LogP contribution in [0.2, 0.25) is 0 Å². The Morgan fingerprint density at radius 1 is 1.19 bits per heavy atom. The minimum Gasteiger partial charge on any atom is -0.496 e. The fourth-order valence-corrected chi connectivity index (χ4v) is 4.52. The molecule has 1 aliphatic rings. The van der Waals surface area contributed by atoms with Crippen molar-refractivity contribution in [3.8, 4) is 5.75 Å². The number of aliphatic imine (C=N–C) groups is 1. The highest BCUT2D eigenvalue weighted by Crippen LogP contribution is 2.33. The second-order valence-corrected chi connectivity index (χ2v) is 8.22. The Hall–Kier alpha value is -2.05. The van der Waals surface area contributed by atoms with Gasteiger partial charge in [-0.3, -0.25) is 4.99 Å². The van der Waals surface area contributed by atoms with E-state index in [1.165, 1.54) is 0 Å². The number of fused-ring (bicyclic) bond motifs is 1. The highest BCUT2D eigenvalue weighted by atomic mass is 79.9. The van der Waals surface area contributed by atoms with E-state index < -0.39 is 0 Å². The Morgan fingerprint density at radius 3 is 2.89 bits per heavy atom. The molecule has 0 radical (unpaired) electrons. The number of pyridine rings is 1. The molecule has 0 atom stereocenters. The number of rotatable bonds is 5. The molecule has 0 saturated carbocycles. The number of nitrogens with zero attached hydrogens (tertiary/aromatic N) is 2. The molecular weight excluding hydrogens is 422 g/mol. The number of halogens is 1. The number of amidine groups is 1. The lowest BCUT2D eigenvalue weighted by Crippen LogP contribution is -2.31. The van der Waals surface area contributed by atoms with Gasteiger partial charge in [0.15, 0.2) is 0 Å².